The molecule has 0 fully saturated rings. The van der Waals surface area contributed by atoms with Crippen LogP contribution in [0.15, 0.2) is 63.8 Å². The molecular weight excluding hydrogens is 502 g/mol. The first-order valence-electron chi connectivity index (χ1n) is 12.4. The van der Waals surface area contributed by atoms with Crippen molar-refractivity contribution >= 4 is 34.5 Å². The van der Waals surface area contributed by atoms with Crippen molar-refractivity contribution in [3.8, 4) is 28.2 Å². The zero-order chi connectivity index (χ0) is 28.3. The highest BCUT2D eigenvalue weighted by molar-refractivity contribution is 6.09. The van der Waals surface area contributed by atoms with Crippen LogP contribution in [0.5, 0.6) is 5.75 Å². The minimum atomic E-state index is -0.647. The molecule has 2 aromatic rings. The van der Waals surface area contributed by atoms with Crippen LogP contribution in [0.2, 0.25) is 0 Å². The monoisotopic (exact) mass is 531 g/mol. The number of carbonyl (C=O) groups is 3. The Morgan fingerprint density at radius 3 is 2.41 bits per heavy atom. The van der Waals surface area contributed by atoms with Crippen LogP contribution in [0.4, 0.5) is 5.69 Å². The van der Waals surface area contributed by atoms with E-state index in [1.807, 2.05) is 0 Å². The highest BCUT2D eigenvalue weighted by Gasteiger charge is 2.24. The van der Waals surface area contributed by atoms with Crippen LogP contribution >= 0.6 is 0 Å². The third-order valence-electron chi connectivity index (χ3n) is 5.55. The van der Waals surface area contributed by atoms with Crippen molar-refractivity contribution < 1.29 is 33.0 Å². The Kier molecular flexibility index (Phi) is 7.71. The molecule has 0 aromatic heterocycles. The van der Waals surface area contributed by atoms with Gasteiger partial charge in [0.25, 0.3) is 0 Å². The maximum atomic E-state index is 13.0. The van der Waals surface area contributed by atoms with E-state index >= 15 is 0 Å². The third kappa shape index (κ3) is 6.43. The standard InChI is InChI=1S/C30H29NO8/c1-6-36-29(35)21-10-7-18(31-17(2)32)13-24(21)28-22-11-8-19(33)14-25(22)38-26-15-20(9-12-23(26)28)37-16-27(34)39-30(3,4)5/h7-15H,6,16H2,1-5H3,(H,31,32). The molecule has 39 heavy (non-hydrogen) atoms. The van der Waals surface area contributed by atoms with Gasteiger partial charge in [-0.25, -0.2) is 9.59 Å². The molecule has 202 valence electrons. The first-order chi connectivity index (χ1) is 18.4. The Hall–Kier alpha value is -4.66. The van der Waals surface area contributed by atoms with Gasteiger partial charge >= 0.3 is 11.9 Å². The molecule has 9 heteroatoms. The molecule has 2 aliphatic rings. The quantitative estimate of drug-likeness (QED) is 0.248. The molecule has 0 radical (unpaired) electrons. The fourth-order valence-electron chi connectivity index (χ4n) is 4.16. The molecule has 9 nitrogen and oxygen atoms in total. The minimum Gasteiger partial charge on any atom is -0.482 e. The number of nitrogens with one attached hydrogen (secondary N) is 1. The van der Waals surface area contributed by atoms with Crippen LogP contribution in [-0.4, -0.2) is 36.7 Å². The van der Waals surface area contributed by atoms with E-state index in [9.17, 15) is 19.2 Å². The lowest BCUT2D eigenvalue weighted by atomic mass is 9.90. The summed E-state index contributed by atoms with van der Waals surface area (Å²) >= 11 is 0. The SMILES string of the molecule is CCOC(=O)c1ccc(NC(C)=O)cc1-c1c2ccc(=O)cc-2oc2cc(OCC(=O)OC(C)(C)C)ccc12. The van der Waals surface area contributed by atoms with Crippen molar-refractivity contribution in [2.45, 2.75) is 40.2 Å². The number of esters is 2. The van der Waals surface area contributed by atoms with Gasteiger partial charge in [0.05, 0.1) is 12.2 Å². The summed E-state index contributed by atoms with van der Waals surface area (Å²) in [6.07, 6.45) is 0. The number of hydrogen-bond acceptors (Lipinski definition) is 8. The van der Waals surface area contributed by atoms with Crippen LogP contribution in [0, 0.1) is 0 Å². The summed E-state index contributed by atoms with van der Waals surface area (Å²) in [5.74, 6) is -0.706. The summed E-state index contributed by atoms with van der Waals surface area (Å²) in [5.41, 5.74) is 1.85. The van der Waals surface area contributed by atoms with E-state index in [0.717, 1.165) is 0 Å². The summed E-state index contributed by atoms with van der Waals surface area (Å²) in [5, 5.41) is 3.35. The van der Waals surface area contributed by atoms with Crippen molar-refractivity contribution in [1.29, 1.82) is 0 Å². The van der Waals surface area contributed by atoms with E-state index < -0.39 is 17.5 Å². The number of rotatable bonds is 7. The van der Waals surface area contributed by atoms with Crippen molar-refractivity contribution in [2.75, 3.05) is 18.5 Å². The normalized spacial score (nSPS) is 11.3. The van der Waals surface area contributed by atoms with Gasteiger partial charge in [0.1, 0.15) is 22.7 Å². The second-order valence-electron chi connectivity index (χ2n) is 9.83. The van der Waals surface area contributed by atoms with Crippen molar-refractivity contribution in [3.05, 3.63) is 70.4 Å². The fraction of sp³-hybridized carbons (Fsp3) is 0.267. The van der Waals surface area contributed by atoms with Gasteiger partial charge < -0.3 is 23.9 Å². The maximum Gasteiger partial charge on any atom is 0.344 e. The molecule has 0 saturated heterocycles. The summed E-state index contributed by atoms with van der Waals surface area (Å²) in [4.78, 5) is 49.1. The number of anilines is 1. The van der Waals surface area contributed by atoms with E-state index in [-0.39, 0.29) is 35.9 Å². The second-order valence-corrected chi connectivity index (χ2v) is 9.83. The maximum absolute atomic E-state index is 13.0. The Bertz CT molecular complexity index is 1600. The van der Waals surface area contributed by atoms with E-state index in [2.05, 4.69) is 5.32 Å². The first kappa shape index (κ1) is 27.4. The number of amides is 1. The first-order valence-corrected chi connectivity index (χ1v) is 12.4. The van der Waals surface area contributed by atoms with Crippen molar-refractivity contribution in [3.63, 3.8) is 0 Å². The highest BCUT2D eigenvalue weighted by atomic mass is 16.6. The lowest BCUT2D eigenvalue weighted by Gasteiger charge is -2.20. The smallest absolute Gasteiger partial charge is 0.344 e. The average molecular weight is 532 g/mol. The average Bonchev–Trinajstić information content (AvgIpc) is 2.84. The number of hydrogen-bond donors (Lipinski definition) is 1. The van der Waals surface area contributed by atoms with Crippen molar-refractivity contribution in [1.82, 2.24) is 0 Å². The molecular formula is C30H29NO8. The largest absolute Gasteiger partial charge is 0.482 e. The molecule has 1 N–H and O–H groups in total. The van der Waals surface area contributed by atoms with Gasteiger partial charge in [-0.3, -0.25) is 9.59 Å². The molecule has 4 rings (SSSR count). The number of benzene rings is 3. The fourth-order valence-corrected chi connectivity index (χ4v) is 4.16. The van der Waals surface area contributed by atoms with E-state index in [0.29, 0.717) is 39.1 Å². The van der Waals surface area contributed by atoms with Gasteiger partial charge in [0.15, 0.2) is 12.0 Å². The summed E-state index contributed by atoms with van der Waals surface area (Å²) in [6.45, 7) is 8.27. The molecule has 1 aliphatic heterocycles. The van der Waals surface area contributed by atoms with Gasteiger partial charge in [0, 0.05) is 41.3 Å². The van der Waals surface area contributed by atoms with E-state index in [1.54, 1.807) is 70.2 Å². The molecule has 0 bridgehead atoms. The Morgan fingerprint density at radius 2 is 1.72 bits per heavy atom. The van der Waals surface area contributed by atoms with E-state index in [4.69, 9.17) is 18.6 Å². The minimum absolute atomic E-state index is 0.176. The lowest BCUT2D eigenvalue weighted by molar-refractivity contribution is -0.157. The van der Waals surface area contributed by atoms with Crippen LogP contribution in [0.1, 0.15) is 45.0 Å². The Morgan fingerprint density at radius 1 is 0.949 bits per heavy atom. The predicted octanol–water partition coefficient (Wildman–Crippen LogP) is 5.42. The summed E-state index contributed by atoms with van der Waals surface area (Å²) in [7, 11) is 0. The van der Waals surface area contributed by atoms with Crippen molar-refractivity contribution in [2.24, 2.45) is 0 Å². The number of fused-ring (bicyclic) bond motifs is 2. The number of ether oxygens (including phenoxy) is 3. The highest BCUT2D eigenvalue weighted by Crippen LogP contribution is 2.43. The second kappa shape index (κ2) is 11.0. The molecule has 2 aromatic carbocycles. The van der Waals surface area contributed by atoms with Gasteiger partial charge in [-0.15, -0.1) is 0 Å². The Labute approximate surface area is 225 Å². The molecule has 0 atom stereocenters. The van der Waals surface area contributed by atoms with Gasteiger partial charge in [-0.2, -0.15) is 0 Å². The van der Waals surface area contributed by atoms with E-state index in [1.165, 1.54) is 19.1 Å². The van der Waals surface area contributed by atoms with Gasteiger partial charge in [-0.1, -0.05) is 0 Å². The zero-order valence-corrected chi connectivity index (χ0v) is 22.4. The molecule has 1 amide bonds. The third-order valence-corrected chi connectivity index (χ3v) is 5.55. The van der Waals surface area contributed by atoms with Crippen LogP contribution in [0.25, 0.3) is 33.4 Å². The number of carbonyl (C=O) groups excluding carboxylic acids is 3. The summed E-state index contributed by atoms with van der Waals surface area (Å²) < 4.78 is 22.3. The van der Waals surface area contributed by atoms with Crippen LogP contribution in [0.3, 0.4) is 0 Å². The molecule has 0 saturated carbocycles. The van der Waals surface area contributed by atoms with Crippen LogP contribution in [-0.2, 0) is 19.1 Å². The Balaban J connectivity index is 1.91. The van der Waals surface area contributed by atoms with Crippen LogP contribution < -0.4 is 15.5 Å². The molecule has 1 aliphatic carbocycles. The zero-order valence-electron chi connectivity index (χ0n) is 22.4. The molecule has 0 unspecified atom stereocenters. The summed E-state index contributed by atoms with van der Waals surface area (Å²) in [6, 6.07) is 14.3. The lowest BCUT2D eigenvalue weighted by Crippen LogP contribution is -2.27. The van der Waals surface area contributed by atoms with Gasteiger partial charge in [-0.05, 0) is 75.7 Å². The molecule has 0 spiro atoms. The topological polar surface area (TPSA) is 121 Å². The molecule has 1 heterocycles. The predicted molar refractivity (Wildman–Crippen MR) is 146 cm³/mol. The van der Waals surface area contributed by atoms with Gasteiger partial charge in [0.2, 0.25) is 5.91 Å².